The van der Waals surface area contributed by atoms with E-state index in [4.69, 9.17) is 9.47 Å². The molecule has 5 heteroatoms. The van der Waals surface area contributed by atoms with E-state index in [9.17, 15) is 0 Å². The number of anilines is 3. The van der Waals surface area contributed by atoms with Crippen LogP contribution >= 0.6 is 0 Å². The van der Waals surface area contributed by atoms with E-state index in [0.29, 0.717) is 13.2 Å². The van der Waals surface area contributed by atoms with Crippen molar-refractivity contribution in [3.05, 3.63) is 48.2 Å². The van der Waals surface area contributed by atoms with Gasteiger partial charge in [0.25, 0.3) is 0 Å². The third-order valence-corrected chi connectivity index (χ3v) is 4.21. The first-order chi connectivity index (χ1) is 11.8. The second-order valence-electron chi connectivity index (χ2n) is 5.75. The summed E-state index contributed by atoms with van der Waals surface area (Å²) in [6.45, 7) is 3.27. The monoisotopic (exact) mass is 321 g/mol. The first kappa shape index (κ1) is 14.6. The normalized spacial score (nSPS) is 12.9. The van der Waals surface area contributed by atoms with E-state index in [2.05, 4.69) is 34.7 Å². The Kier molecular flexibility index (Phi) is 3.61. The van der Waals surface area contributed by atoms with Crippen LogP contribution in [-0.2, 0) is 0 Å². The maximum atomic E-state index is 5.65. The standard InChI is InChI=1S/C19H19N3O2/c1-12-3-5-15-14(18(12)20-2)7-8-21-19(15)22-13-4-6-16-17(11-13)24-10-9-23-16/h3-8,11,20H,9-10H2,1-2H3,(H,21,22). The predicted octanol–water partition coefficient (Wildman–Crippen LogP) is 4.10. The summed E-state index contributed by atoms with van der Waals surface area (Å²) in [5, 5.41) is 8.89. The zero-order valence-corrected chi connectivity index (χ0v) is 13.7. The van der Waals surface area contributed by atoms with Crippen molar-refractivity contribution in [2.45, 2.75) is 6.92 Å². The molecule has 1 aliphatic rings. The highest BCUT2D eigenvalue weighted by Crippen LogP contribution is 2.35. The average Bonchev–Trinajstić information content (AvgIpc) is 2.62. The second kappa shape index (κ2) is 5.92. The Hall–Kier alpha value is -2.95. The quantitative estimate of drug-likeness (QED) is 0.760. The number of hydrogen-bond donors (Lipinski definition) is 2. The van der Waals surface area contributed by atoms with Gasteiger partial charge in [0.05, 0.1) is 0 Å². The van der Waals surface area contributed by atoms with E-state index in [0.717, 1.165) is 39.5 Å². The number of fused-ring (bicyclic) bond motifs is 2. The topological polar surface area (TPSA) is 55.4 Å². The molecular weight excluding hydrogens is 302 g/mol. The fraction of sp³-hybridized carbons (Fsp3) is 0.211. The van der Waals surface area contributed by atoms with E-state index in [1.165, 1.54) is 5.56 Å². The number of aryl methyl sites for hydroxylation is 1. The molecule has 4 rings (SSSR count). The van der Waals surface area contributed by atoms with Crippen molar-refractivity contribution in [1.82, 2.24) is 4.98 Å². The van der Waals surface area contributed by atoms with Crippen LogP contribution in [0.1, 0.15) is 5.56 Å². The molecule has 0 radical (unpaired) electrons. The Labute approximate surface area is 140 Å². The van der Waals surface area contributed by atoms with Gasteiger partial charge in [-0.1, -0.05) is 12.1 Å². The molecule has 3 aromatic rings. The maximum absolute atomic E-state index is 5.65. The number of nitrogens with zero attached hydrogens (tertiary/aromatic N) is 1. The van der Waals surface area contributed by atoms with Crippen LogP contribution in [0.5, 0.6) is 11.5 Å². The Morgan fingerprint density at radius 2 is 1.79 bits per heavy atom. The van der Waals surface area contributed by atoms with Crippen LogP contribution < -0.4 is 20.1 Å². The first-order valence-electron chi connectivity index (χ1n) is 7.99. The van der Waals surface area contributed by atoms with Gasteiger partial charge < -0.3 is 20.1 Å². The summed E-state index contributed by atoms with van der Waals surface area (Å²) >= 11 is 0. The largest absolute Gasteiger partial charge is 0.486 e. The van der Waals surface area contributed by atoms with Gasteiger partial charge in [0.15, 0.2) is 11.5 Å². The number of ether oxygens (including phenoxy) is 2. The molecule has 0 unspecified atom stereocenters. The van der Waals surface area contributed by atoms with Gasteiger partial charge in [-0.15, -0.1) is 0 Å². The molecule has 0 saturated heterocycles. The summed E-state index contributed by atoms with van der Waals surface area (Å²) in [6, 6.07) is 12.1. The van der Waals surface area contributed by atoms with Crippen LogP contribution in [0.25, 0.3) is 10.8 Å². The van der Waals surface area contributed by atoms with E-state index in [1.54, 1.807) is 0 Å². The SMILES string of the molecule is CNc1c(C)ccc2c(Nc3ccc4c(c3)OCCO4)nccc12. The van der Waals surface area contributed by atoms with Gasteiger partial charge in [0.1, 0.15) is 19.0 Å². The molecule has 122 valence electrons. The lowest BCUT2D eigenvalue weighted by atomic mass is 10.1. The summed E-state index contributed by atoms with van der Waals surface area (Å²) in [5.41, 5.74) is 3.26. The van der Waals surface area contributed by atoms with Crippen molar-refractivity contribution in [1.29, 1.82) is 0 Å². The van der Waals surface area contributed by atoms with Crippen molar-refractivity contribution in [2.24, 2.45) is 0 Å². The summed E-state index contributed by atoms with van der Waals surface area (Å²) < 4.78 is 11.2. The molecule has 1 aliphatic heterocycles. The predicted molar refractivity (Wildman–Crippen MR) is 96.7 cm³/mol. The number of pyridine rings is 1. The lowest BCUT2D eigenvalue weighted by Crippen LogP contribution is -2.15. The molecule has 2 aromatic carbocycles. The second-order valence-corrected chi connectivity index (χ2v) is 5.75. The van der Waals surface area contributed by atoms with Gasteiger partial charge in [0, 0.05) is 41.5 Å². The van der Waals surface area contributed by atoms with E-state index in [-0.39, 0.29) is 0 Å². The Balaban J connectivity index is 1.75. The first-order valence-corrected chi connectivity index (χ1v) is 7.99. The molecule has 1 aromatic heterocycles. The summed E-state index contributed by atoms with van der Waals surface area (Å²) in [4.78, 5) is 4.51. The number of hydrogen-bond acceptors (Lipinski definition) is 5. The summed E-state index contributed by atoms with van der Waals surface area (Å²) in [7, 11) is 1.94. The van der Waals surface area contributed by atoms with Crippen LogP contribution in [0.15, 0.2) is 42.6 Å². The van der Waals surface area contributed by atoms with Gasteiger partial charge >= 0.3 is 0 Å². The van der Waals surface area contributed by atoms with Crippen LogP contribution in [0, 0.1) is 6.92 Å². The third kappa shape index (κ3) is 2.48. The lowest BCUT2D eigenvalue weighted by Gasteiger charge is -2.19. The zero-order chi connectivity index (χ0) is 16.5. The van der Waals surface area contributed by atoms with Crippen molar-refractivity contribution in [3.63, 3.8) is 0 Å². The fourth-order valence-electron chi connectivity index (χ4n) is 3.05. The number of aromatic nitrogens is 1. The van der Waals surface area contributed by atoms with Crippen molar-refractivity contribution in [3.8, 4) is 11.5 Å². The Morgan fingerprint density at radius 3 is 2.62 bits per heavy atom. The smallest absolute Gasteiger partial charge is 0.163 e. The van der Waals surface area contributed by atoms with Crippen LogP contribution in [0.4, 0.5) is 17.2 Å². The van der Waals surface area contributed by atoms with Crippen LogP contribution in [-0.4, -0.2) is 25.2 Å². The Morgan fingerprint density at radius 1 is 0.958 bits per heavy atom. The van der Waals surface area contributed by atoms with Crippen LogP contribution in [0.3, 0.4) is 0 Å². The molecule has 0 aliphatic carbocycles. The molecule has 2 N–H and O–H groups in total. The molecule has 0 amide bonds. The minimum Gasteiger partial charge on any atom is -0.486 e. The summed E-state index contributed by atoms with van der Waals surface area (Å²) in [6.07, 6.45) is 1.82. The lowest BCUT2D eigenvalue weighted by molar-refractivity contribution is 0.171. The van der Waals surface area contributed by atoms with Gasteiger partial charge in [0.2, 0.25) is 0 Å². The minimum absolute atomic E-state index is 0.577. The summed E-state index contributed by atoms with van der Waals surface area (Å²) in [5.74, 6) is 2.37. The van der Waals surface area contributed by atoms with Gasteiger partial charge in [-0.25, -0.2) is 4.98 Å². The van der Waals surface area contributed by atoms with Crippen molar-refractivity contribution >= 4 is 28.0 Å². The molecular formula is C19H19N3O2. The highest BCUT2D eigenvalue weighted by Gasteiger charge is 2.13. The Bertz CT molecular complexity index is 908. The van der Waals surface area contributed by atoms with Gasteiger partial charge in [-0.05, 0) is 30.7 Å². The van der Waals surface area contributed by atoms with E-state index >= 15 is 0 Å². The van der Waals surface area contributed by atoms with Crippen molar-refractivity contribution < 1.29 is 9.47 Å². The van der Waals surface area contributed by atoms with Gasteiger partial charge in [-0.2, -0.15) is 0 Å². The minimum atomic E-state index is 0.577. The van der Waals surface area contributed by atoms with E-state index in [1.807, 2.05) is 37.5 Å². The zero-order valence-electron chi connectivity index (χ0n) is 13.7. The number of rotatable bonds is 3. The molecule has 0 atom stereocenters. The molecule has 24 heavy (non-hydrogen) atoms. The molecule has 0 spiro atoms. The molecule has 0 saturated carbocycles. The fourth-order valence-corrected chi connectivity index (χ4v) is 3.05. The van der Waals surface area contributed by atoms with Crippen LogP contribution in [0.2, 0.25) is 0 Å². The highest BCUT2D eigenvalue weighted by atomic mass is 16.6. The van der Waals surface area contributed by atoms with Crippen molar-refractivity contribution in [2.75, 3.05) is 30.9 Å². The molecule has 5 nitrogen and oxygen atoms in total. The average molecular weight is 321 g/mol. The number of nitrogens with one attached hydrogen (secondary N) is 2. The maximum Gasteiger partial charge on any atom is 0.163 e. The molecule has 2 heterocycles. The molecule has 0 fully saturated rings. The third-order valence-electron chi connectivity index (χ3n) is 4.21. The number of benzene rings is 2. The highest BCUT2D eigenvalue weighted by molar-refractivity contribution is 6.01. The van der Waals surface area contributed by atoms with Gasteiger partial charge in [-0.3, -0.25) is 0 Å². The van der Waals surface area contributed by atoms with E-state index < -0.39 is 0 Å². The molecule has 0 bridgehead atoms.